The topological polar surface area (TPSA) is 93.2 Å². The summed E-state index contributed by atoms with van der Waals surface area (Å²) in [6.45, 7) is 0. The molecule has 0 radical (unpaired) electrons. The number of halogens is 1. The maximum Gasteiger partial charge on any atom is 0.339 e. The lowest BCUT2D eigenvalue weighted by Gasteiger charge is -2.03. The summed E-state index contributed by atoms with van der Waals surface area (Å²) >= 11 is 2.92. The molecule has 0 spiro atoms. The molecule has 16 heavy (non-hydrogen) atoms. The number of nitrogens with zero attached hydrogens (tertiary/aromatic N) is 2. The van der Waals surface area contributed by atoms with Crippen LogP contribution in [0.5, 0.6) is 0 Å². The SMILES string of the molecule is COC(=O)c1ccc([N+](=O)[O-])c(Br)c1C#N. The highest BCUT2D eigenvalue weighted by atomic mass is 79.9. The second kappa shape index (κ2) is 4.72. The zero-order chi connectivity index (χ0) is 12.3. The number of benzene rings is 1. The van der Waals surface area contributed by atoms with Crippen molar-refractivity contribution in [3.8, 4) is 6.07 Å². The van der Waals surface area contributed by atoms with Crippen LogP contribution in [0.1, 0.15) is 15.9 Å². The molecule has 0 aliphatic heterocycles. The fraction of sp³-hybridized carbons (Fsp3) is 0.111. The van der Waals surface area contributed by atoms with Crippen molar-refractivity contribution in [3.63, 3.8) is 0 Å². The van der Waals surface area contributed by atoms with Crippen LogP contribution in [0.15, 0.2) is 16.6 Å². The molecular formula is C9H5BrN2O4. The Balaban J connectivity index is 3.48. The summed E-state index contributed by atoms with van der Waals surface area (Å²) in [5.74, 6) is -0.716. The van der Waals surface area contributed by atoms with Crippen molar-refractivity contribution >= 4 is 27.6 Å². The van der Waals surface area contributed by atoms with Crippen LogP contribution >= 0.6 is 15.9 Å². The minimum atomic E-state index is -0.716. The van der Waals surface area contributed by atoms with E-state index in [4.69, 9.17) is 5.26 Å². The molecule has 0 N–H and O–H groups in total. The highest BCUT2D eigenvalue weighted by molar-refractivity contribution is 9.10. The number of nitriles is 1. The number of nitro benzene ring substituents is 1. The third kappa shape index (κ3) is 2.01. The molecule has 0 fully saturated rings. The van der Waals surface area contributed by atoms with Gasteiger partial charge >= 0.3 is 5.97 Å². The first kappa shape index (κ1) is 12.1. The molecule has 1 aromatic carbocycles. The van der Waals surface area contributed by atoms with Crippen LogP contribution in [0, 0.1) is 21.4 Å². The van der Waals surface area contributed by atoms with Crippen LogP contribution in [0.4, 0.5) is 5.69 Å². The summed E-state index contributed by atoms with van der Waals surface area (Å²) in [5, 5.41) is 19.4. The number of carbonyl (C=O) groups is 1. The van der Waals surface area contributed by atoms with Gasteiger partial charge in [-0.1, -0.05) is 0 Å². The van der Waals surface area contributed by atoms with Crippen molar-refractivity contribution in [3.05, 3.63) is 37.8 Å². The van der Waals surface area contributed by atoms with Gasteiger partial charge in [0.25, 0.3) is 5.69 Å². The molecule has 0 aliphatic rings. The number of nitro groups is 1. The summed E-state index contributed by atoms with van der Waals surface area (Å²) in [4.78, 5) is 21.2. The predicted octanol–water partition coefficient (Wildman–Crippen LogP) is 2.02. The molecule has 0 unspecified atom stereocenters. The van der Waals surface area contributed by atoms with Gasteiger partial charge < -0.3 is 4.74 Å². The van der Waals surface area contributed by atoms with E-state index in [2.05, 4.69) is 20.7 Å². The fourth-order valence-corrected chi connectivity index (χ4v) is 1.67. The lowest BCUT2D eigenvalue weighted by Crippen LogP contribution is -2.05. The highest BCUT2D eigenvalue weighted by Gasteiger charge is 2.22. The molecule has 7 heteroatoms. The van der Waals surface area contributed by atoms with E-state index < -0.39 is 10.9 Å². The summed E-state index contributed by atoms with van der Waals surface area (Å²) in [5.41, 5.74) is -0.396. The molecule has 0 bridgehead atoms. The average molecular weight is 285 g/mol. The van der Waals surface area contributed by atoms with Crippen LogP contribution in [0.25, 0.3) is 0 Å². The van der Waals surface area contributed by atoms with Gasteiger partial charge in [0.15, 0.2) is 0 Å². The minimum Gasteiger partial charge on any atom is -0.465 e. The average Bonchev–Trinajstić information content (AvgIpc) is 2.26. The number of carbonyl (C=O) groups excluding carboxylic acids is 1. The van der Waals surface area contributed by atoms with E-state index in [0.29, 0.717) is 0 Å². The van der Waals surface area contributed by atoms with Crippen molar-refractivity contribution in [2.45, 2.75) is 0 Å². The van der Waals surface area contributed by atoms with Gasteiger partial charge in [-0.3, -0.25) is 10.1 Å². The molecule has 1 rings (SSSR count). The van der Waals surface area contributed by atoms with Crippen LogP contribution in [-0.2, 0) is 4.74 Å². The Labute approximate surface area is 98.7 Å². The molecule has 0 amide bonds. The lowest BCUT2D eigenvalue weighted by atomic mass is 10.1. The number of hydrogen-bond donors (Lipinski definition) is 0. The van der Waals surface area contributed by atoms with Gasteiger partial charge in [-0.25, -0.2) is 4.79 Å². The largest absolute Gasteiger partial charge is 0.465 e. The van der Waals surface area contributed by atoms with Crippen LogP contribution in [0.3, 0.4) is 0 Å². The monoisotopic (exact) mass is 284 g/mol. The zero-order valence-electron chi connectivity index (χ0n) is 8.06. The van der Waals surface area contributed by atoms with Gasteiger partial charge in [-0.2, -0.15) is 5.26 Å². The Morgan fingerprint density at radius 2 is 2.25 bits per heavy atom. The van der Waals surface area contributed by atoms with Gasteiger partial charge in [0.1, 0.15) is 10.5 Å². The molecule has 1 aromatic rings. The minimum absolute atomic E-state index is 0.0116. The van der Waals surface area contributed by atoms with E-state index in [1.807, 2.05) is 0 Å². The van der Waals surface area contributed by atoms with Gasteiger partial charge in [-0.15, -0.1) is 0 Å². The van der Waals surface area contributed by atoms with E-state index >= 15 is 0 Å². The van der Waals surface area contributed by atoms with Crippen molar-refractivity contribution in [2.75, 3.05) is 7.11 Å². The zero-order valence-corrected chi connectivity index (χ0v) is 9.65. The first-order valence-electron chi connectivity index (χ1n) is 3.98. The fourth-order valence-electron chi connectivity index (χ4n) is 1.10. The van der Waals surface area contributed by atoms with Crippen molar-refractivity contribution in [1.29, 1.82) is 5.26 Å². The number of esters is 1. The number of methoxy groups -OCH3 is 1. The van der Waals surface area contributed by atoms with Crippen LogP contribution in [0.2, 0.25) is 0 Å². The quantitative estimate of drug-likeness (QED) is 0.470. The van der Waals surface area contributed by atoms with E-state index in [-0.39, 0.29) is 21.3 Å². The normalized spacial score (nSPS) is 9.31. The molecule has 0 saturated heterocycles. The van der Waals surface area contributed by atoms with Crippen LogP contribution < -0.4 is 0 Å². The lowest BCUT2D eigenvalue weighted by molar-refractivity contribution is -0.385. The van der Waals surface area contributed by atoms with Crippen molar-refractivity contribution < 1.29 is 14.5 Å². The highest BCUT2D eigenvalue weighted by Crippen LogP contribution is 2.30. The Kier molecular flexibility index (Phi) is 3.58. The summed E-state index contributed by atoms with van der Waals surface area (Å²) < 4.78 is 4.43. The number of hydrogen-bond acceptors (Lipinski definition) is 5. The van der Waals surface area contributed by atoms with E-state index in [9.17, 15) is 14.9 Å². The molecule has 0 saturated carbocycles. The Morgan fingerprint density at radius 1 is 1.62 bits per heavy atom. The summed E-state index contributed by atoms with van der Waals surface area (Å²) in [6, 6.07) is 4.05. The molecular weight excluding hydrogens is 280 g/mol. The number of ether oxygens (including phenoxy) is 1. The Bertz CT molecular complexity index is 507. The van der Waals surface area contributed by atoms with Gasteiger partial charge in [0.2, 0.25) is 0 Å². The molecule has 0 aromatic heterocycles. The van der Waals surface area contributed by atoms with E-state index in [1.54, 1.807) is 6.07 Å². The second-order valence-electron chi connectivity index (χ2n) is 2.68. The molecule has 82 valence electrons. The maximum atomic E-state index is 11.3. The van der Waals surface area contributed by atoms with E-state index in [0.717, 1.165) is 6.07 Å². The third-order valence-corrected chi connectivity index (χ3v) is 2.64. The van der Waals surface area contributed by atoms with Gasteiger partial charge in [0.05, 0.1) is 23.2 Å². The Hall–Kier alpha value is -1.94. The van der Waals surface area contributed by atoms with Crippen molar-refractivity contribution in [2.24, 2.45) is 0 Å². The molecule has 0 heterocycles. The predicted molar refractivity (Wildman–Crippen MR) is 56.9 cm³/mol. The standard InChI is InChI=1S/C9H5BrN2O4/c1-16-9(13)5-2-3-7(12(14)15)8(10)6(5)4-11/h2-3H,1H3. The first-order valence-corrected chi connectivity index (χ1v) is 4.77. The first-order chi connectivity index (χ1) is 7.52. The molecule has 6 nitrogen and oxygen atoms in total. The molecule has 0 atom stereocenters. The summed E-state index contributed by atoms with van der Waals surface area (Å²) in [7, 11) is 1.17. The maximum absolute atomic E-state index is 11.3. The molecule has 0 aliphatic carbocycles. The smallest absolute Gasteiger partial charge is 0.339 e. The van der Waals surface area contributed by atoms with Gasteiger partial charge in [-0.05, 0) is 22.0 Å². The summed E-state index contributed by atoms with van der Waals surface area (Å²) in [6.07, 6.45) is 0. The number of rotatable bonds is 2. The van der Waals surface area contributed by atoms with E-state index in [1.165, 1.54) is 13.2 Å². The second-order valence-corrected chi connectivity index (χ2v) is 3.47. The van der Waals surface area contributed by atoms with Crippen LogP contribution in [-0.4, -0.2) is 18.0 Å². The van der Waals surface area contributed by atoms with Crippen molar-refractivity contribution in [1.82, 2.24) is 0 Å². The Morgan fingerprint density at radius 3 is 2.69 bits per heavy atom. The van der Waals surface area contributed by atoms with Gasteiger partial charge in [0, 0.05) is 6.07 Å². The third-order valence-electron chi connectivity index (χ3n) is 1.84.